The highest BCUT2D eigenvalue weighted by Gasteiger charge is 2.17. The van der Waals surface area contributed by atoms with Crippen molar-refractivity contribution in [3.8, 4) is 22.6 Å². The van der Waals surface area contributed by atoms with Gasteiger partial charge in [0, 0.05) is 50.5 Å². The van der Waals surface area contributed by atoms with E-state index in [1.807, 2.05) is 24.5 Å². The van der Waals surface area contributed by atoms with Crippen LogP contribution in [0.3, 0.4) is 0 Å². The number of pyridine rings is 2. The van der Waals surface area contributed by atoms with E-state index in [9.17, 15) is 0 Å². The van der Waals surface area contributed by atoms with Crippen molar-refractivity contribution in [2.24, 2.45) is 5.92 Å². The number of H-pyrrole nitrogens is 1. The largest absolute Gasteiger partial charge is 0.457 e. The van der Waals surface area contributed by atoms with Gasteiger partial charge < -0.3 is 25.1 Å². The molecule has 2 aliphatic heterocycles. The topological polar surface area (TPSA) is 84.1 Å². The molecule has 6 rings (SSSR count). The molecule has 1 saturated heterocycles. The molecule has 0 saturated carbocycles. The van der Waals surface area contributed by atoms with Crippen LogP contribution in [0, 0.1) is 5.92 Å². The third-order valence-electron chi connectivity index (χ3n) is 6.81. The Morgan fingerprint density at radius 3 is 2.88 bits per heavy atom. The van der Waals surface area contributed by atoms with E-state index < -0.39 is 0 Å². The van der Waals surface area contributed by atoms with Gasteiger partial charge in [-0.2, -0.15) is 0 Å². The first kappa shape index (κ1) is 21.1. The molecule has 7 nitrogen and oxygen atoms in total. The number of aromatic amines is 1. The van der Waals surface area contributed by atoms with Gasteiger partial charge >= 0.3 is 0 Å². The molecule has 1 fully saturated rings. The van der Waals surface area contributed by atoms with Gasteiger partial charge in [0.1, 0.15) is 23.0 Å². The second kappa shape index (κ2) is 9.44. The van der Waals surface area contributed by atoms with Crippen LogP contribution in [0.1, 0.15) is 24.0 Å². The van der Waals surface area contributed by atoms with Crippen LogP contribution in [0.5, 0.6) is 11.5 Å². The van der Waals surface area contributed by atoms with Gasteiger partial charge in [0.05, 0.1) is 5.39 Å². The number of ether oxygens (including phenoxy) is 2. The Hall–Kier alpha value is -3.42. The van der Waals surface area contributed by atoms with Crippen molar-refractivity contribution in [2.75, 3.05) is 31.6 Å². The fraction of sp³-hybridized carbons (Fsp3) is 0.333. The highest BCUT2D eigenvalue weighted by molar-refractivity contribution is 5.98. The molecule has 0 spiro atoms. The second-order valence-electron chi connectivity index (χ2n) is 9.06. The number of benzene rings is 1. The number of hydrogen-bond donors (Lipinski definition) is 3. The van der Waals surface area contributed by atoms with Crippen LogP contribution in [0.2, 0.25) is 0 Å². The van der Waals surface area contributed by atoms with E-state index in [-0.39, 0.29) is 0 Å². The Bertz CT molecular complexity index is 1300. The number of rotatable bonds is 6. The number of fused-ring (bicyclic) bond motifs is 2. The molecule has 7 heteroatoms. The van der Waals surface area contributed by atoms with Crippen molar-refractivity contribution in [1.29, 1.82) is 0 Å². The lowest BCUT2D eigenvalue weighted by Gasteiger charge is -2.22. The third kappa shape index (κ3) is 4.36. The van der Waals surface area contributed by atoms with Gasteiger partial charge in [-0.05, 0) is 78.7 Å². The van der Waals surface area contributed by atoms with E-state index in [1.165, 1.54) is 11.1 Å². The van der Waals surface area contributed by atoms with Crippen LogP contribution in [0.4, 0.5) is 5.82 Å². The molecule has 0 aliphatic carbocycles. The predicted molar refractivity (Wildman–Crippen MR) is 133 cm³/mol. The number of nitrogens with one attached hydrogen (secondary N) is 3. The predicted octanol–water partition coefficient (Wildman–Crippen LogP) is 4.90. The molecule has 0 amide bonds. The quantitative estimate of drug-likeness (QED) is 0.383. The number of nitrogens with zero attached hydrogens (tertiary/aromatic N) is 2. The number of anilines is 1. The Labute approximate surface area is 198 Å². The Kier molecular flexibility index (Phi) is 5.87. The average Bonchev–Trinajstić information content (AvgIpc) is 3.34. The number of aromatic nitrogens is 3. The summed E-state index contributed by atoms with van der Waals surface area (Å²) in [7, 11) is 0. The van der Waals surface area contributed by atoms with Gasteiger partial charge in [-0.25, -0.2) is 9.97 Å². The maximum Gasteiger partial charge on any atom is 0.141 e. The first-order valence-electron chi connectivity index (χ1n) is 12.1. The summed E-state index contributed by atoms with van der Waals surface area (Å²) in [5.41, 5.74) is 5.63. The fourth-order valence-electron chi connectivity index (χ4n) is 4.88. The molecule has 5 heterocycles. The van der Waals surface area contributed by atoms with Crippen molar-refractivity contribution in [2.45, 2.75) is 25.8 Å². The summed E-state index contributed by atoms with van der Waals surface area (Å²) in [5, 5.41) is 7.93. The molecule has 34 heavy (non-hydrogen) atoms. The summed E-state index contributed by atoms with van der Waals surface area (Å²) in [6.45, 7) is 4.53. The van der Waals surface area contributed by atoms with Gasteiger partial charge in [0.2, 0.25) is 0 Å². The fourth-order valence-corrected chi connectivity index (χ4v) is 4.88. The molecule has 1 aromatic carbocycles. The molecular formula is C27H29N5O2. The minimum atomic E-state index is 0.628. The van der Waals surface area contributed by atoms with Crippen LogP contribution < -0.4 is 15.4 Å². The van der Waals surface area contributed by atoms with Gasteiger partial charge in [0.15, 0.2) is 0 Å². The SMILES string of the molecule is c1cc(-c2c[nH]c3nccc(Oc4ccc5c(c4)CNCC5)c23)cc(NCC2CCOCC2)n1. The molecule has 0 radical (unpaired) electrons. The lowest BCUT2D eigenvalue weighted by molar-refractivity contribution is 0.0699. The molecule has 0 unspecified atom stereocenters. The Balaban J connectivity index is 1.28. The average molecular weight is 456 g/mol. The molecule has 3 N–H and O–H groups in total. The monoisotopic (exact) mass is 455 g/mol. The standard InChI is InChI=1S/C27H29N5O2/c1-2-22(13-21-16-28-8-3-19(1)21)34-24-5-10-30-27-26(24)23(17-32-27)20-4-9-29-25(14-20)31-15-18-6-11-33-12-7-18/h1-2,4-5,9-10,13-14,17-18,28H,3,6-8,11-12,15-16H2,(H,29,31)(H,30,32). The van der Waals surface area contributed by atoms with Crippen molar-refractivity contribution >= 4 is 16.9 Å². The van der Waals surface area contributed by atoms with Crippen LogP contribution in [0.25, 0.3) is 22.2 Å². The summed E-state index contributed by atoms with van der Waals surface area (Å²) in [6, 6.07) is 12.5. The van der Waals surface area contributed by atoms with E-state index in [2.05, 4.69) is 49.9 Å². The third-order valence-corrected chi connectivity index (χ3v) is 6.81. The van der Waals surface area contributed by atoms with Crippen molar-refractivity contribution in [1.82, 2.24) is 20.3 Å². The van der Waals surface area contributed by atoms with E-state index in [0.717, 1.165) is 91.6 Å². The molecule has 0 atom stereocenters. The summed E-state index contributed by atoms with van der Waals surface area (Å²) in [5.74, 6) is 3.14. The van der Waals surface area contributed by atoms with E-state index in [0.29, 0.717) is 5.92 Å². The first-order valence-corrected chi connectivity index (χ1v) is 12.1. The molecule has 2 aliphatic rings. The normalized spacial score (nSPS) is 16.4. The Morgan fingerprint density at radius 2 is 1.94 bits per heavy atom. The van der Waals surface area contributed by atoms with E-state index in [1.54, 1.807) is 6.20 Å². The van der Waals surface area contributed by atoms with Gasteiger partial charge in [-0.1, -0.05) is 6.07 Å². The zero-order valence-electron chi connectivity index (χ0n) is 19.1. The molecule has 174 valence electrons. The lowest BCUT2D eigenvalue weighted by atomic mass is 10.0. The van der Waals surface area contributed by atoms with Crippen molar-refractivity contribution in [3.63, 3.8) is 0 Å². The summed E-state index contributed by atoms with van der Waals surface area (Å²) < 4.78 is 11.9. The number of hydrogen-bond acceptors (Lipinski definition) is 6. The highest BCUT2D eigenvalue weighted by atomic mass is 16.5. The van der Waals surface area contributed by atoms with E-state index >= 15 is 0 Å². The van der Waals surface area contributed by atoms with Crippen molar-refractivity contribution < 1.29 is 9.47 Å². The Morgan fingerprint density at radius 1 is 1.03 bits per heavy atom. The van der Waals surface area contributed by atoms with Gasteiger partial charge in [0.25, 0.3) is 0 Å². The van der Waals surface area contributed by atoms with Crippen LogP contribution in [-0.4, -0.2) is 41.3 Å². The van der Waals surface area contributed by atoms with Crippen LogP contribution in [-0.2, 0) is 17.7 Å². The maximum absolute atomic E-state index is 6.40. The smallest absolute Gasteiger partial charge is 0.141 e. The highest BCUT2D eigenvalue weighted by Crippen LogP contribution is 2.37. The van der Waals surface area contributed by atoms with E-state index in [4.69, 9.17) is 9.47 Å². The molecule has 4 aromatic rings. The van der Waals surface area contributed by atoms with Gasteiger partial charge in [-0.3, -0.25) is 0 Å². The zero-order valence-corrected chi connectivity index (χ0v) is 19.1. The molecule has 0 bridgehead atoms. The maximum atomic E-state index is 6.40. The minimum Gasteiger partial charge on any atom is -0.457 e. The lowest BCUT2D eigenvalue weighted by Crippen LogP contribution is -2.23. The van der Waals surface area contributed by atoms with Gasteiger partial charge in [-0.15, -0.1) is 0 Å². The van der Waals surface area contributed by atoms with Crippen molar-refractivity contribution in [3.05, 3.63) is 66.1 Å². The van der Waals surface area contributed by atoms with Crippen LogP contribution >= 0.6 is 0 Å². The summed E-state index contributed by atoms with van der Waals surface area (Å²) >= 11 is 0. The second-order valence-corrected chi connectivity index (χ2v) is 9.06. The summed E-state index contributed by atoms with van der Waals surface area (Å²) in [6.07, 6.45) is 8.89. The summed E-state index contributed by atoms with van der Waals surface area (Å²) in [4.78, 5) is 12.4. The first-order chi connectivity index (χ1) is 16.8. The minimum absolute atomic E-state index is 0.628. The molecular weight excluding hydrogens is 426 g/mol. The van der Waals surface area contributed by atoms with Crippen LogP contribution in [0.15, 0.2) is 55.0 Å². The molecule has 3 aromatic heterocycles. The zero-order chi connectivity index (χ0) is 22.7.